The number of nitrogens with one attached hydrogen (secondary N) is 1. The highest BCUT2D eigenvalue weighted by atomic mass is 16.5. The van der Waals surface area contributed by atoms with Crippen LogP contribution in [-0.2, 0) is 16.1 Å². The minimum atomic E-state index is -0.731. The fourth-order valence-electron chi connectivity index (χ4n) is 4.48. The molecule has 2 amide bonds. The van der Waals surface area contributed by atoms with Crippen LogP contribution in [0.4, 0.5) is 0 Å². The third-order valence-corrected chi connectivity index (χ3v) is 6.37. The Morgan fingerprint density at radius 3 is 2.68 bits per heavy atom. The Balaban J connectivity index is 1.59. The molecule has 1 spiro atoms. The van der Waals surface area contributed by atoms with Gasteiger partial charge in [0.05, 0.1) is 13.7 Å². The van der Waals surface area contributed by atoms with Crippen LogP contribution in [0.15, 0.2) is 48.8 Å². The quantitative estimate of drug-likeness (QED) is 0.799. The van der Waals surface area contributed by atoms with E-state index in [9.17, 15) is 9.59 Å². The standard InChI is InChI=1S/C24H29N3O4/c1-17-6-10-24(11-7-17)27(23(29)19-4-3-5-20(14-19)30-2)21(16-31-24)22(28)26-15-18-8-12-25-13-9-18/h3-5,8-9,12-14,17,21H,6-7,10-11,15-16H2,1-2H3,(H,26,28)/t17?,21-,24?/m0/s1. The van der Waals surface area contributed by atoms with Crippen molar-refractivity contribution in [2.24, 2.45) is 5.92 Å². The monoisotopic (exact) mass is 423 g/mol. The number of rotatable bonds is 5. The summed E-state index contributed by atoms with van der Waals surface area (Å²) in [5, 5.41) is 2.97. The van der Waals surface area contributed by atoms with Crippen molar-refractivity contribution in [3.63, 3.8) is 0 Å². The van der Waals surface area contributed by atoms with E-state index in [0.717, 1.165) is 31.2 Å². The summed E-state index contributed by atoms with van der Waals surface area (Å²) in [7, 11) is 1.57. The van der Waals surface area contributed by atoms with Gasteiger partial charge in [0.25, 0.3) is 5.91 Å². The van der Waals surface area contributed by atoms with E-state index in [-0.39, 0.29) is 18.4 Å². The zero-order chi connectivity index (χ0) is 21.8. The maximum Gasteiger partial charge on any atom is 0.257 e. The lowest BCUT2D eigenvalue weighted by Gasteiger charge is -2.43. The zero-order valence-electron chi connectivity index (χ0n) is 18.0. The summed E-state index contributed by atoms with van der Waals surface area (Å²) in [5.74, 6) is 0.789. The first-order chi connectivity index (χ1) is 15.0. The number of benzene rings is 1. The Hall–Kier alpha value is -2.93. The fourth-order valence-corrected chi connectivity index (χ4v) is 4.48. The molecule has 31 heavy (non-hydrogen) atoms. The van der Waals surface area contributed by atoms with Gasteiger partial charge in [0.1, 0.15) is 17.5 Å². The van der Waals surface area contributed by atoms with Gasteiger partial charge in [0.2, 0.25) is 5.91 Å². The predicted molar refractivity (Wildman–Crippen MR) is 115 cm³/mol. The van der Waals surface area contributed by atoms with Crippen LogP contribution in [0.2, 0.25) is 0 Å². The number of nitrogens with zero attached hydrogens (tertiary/aromatic N) is 2. The summed E-state index contributed by atoms with van der Waals surface area (Å²) in [5.41, 5.74) is 0.717. The van der Waals surface area contributed by atoms with Crippen molar-refractivity contribution in [3.05, 3.63) is 59.9 Å². The maximum absolute atomic E-state index is 13.7. The van der Waals surface area contributed by atoms with Crippen molar-refractivity contribution in [1.82, 2.24) is 15.2 Å². The number of methoxy groups -OCH3 is 1. The van der Waals surface area contributed by atoms with E-state index < -0.39 is 11.8 Å². The van der Waals surface area contributed by atoms with E-state index in [2.05, 4.69) is 17.2 Å². The van der Waals surface area contributed by atoms with Crippen LogP contribution in [-0.4, -0.2) is 47.2 Å². The van der Waals surface area contributed by atoms with Crippen molar-refractivity contribution in [2.75, 3.05) is 13.7 Å². The van der Waals surface area contributed by atoms with Crippen LogP contribution in [0, 0.1) is 5.92 Å². The third-order valence-electron chi connectivity index (χ3n) is 6.37. The van der Waals surface area contributed by atoms with E-state index in [4.69, 9.17) is 9.47 Å². The van der Waals surface area contributed by atoms with Gasteiger partial charge in [-0.3, -0.25) is 19.5 Å². The highest BCUT2D eigenvalue weighted by Crippen LogP contribution is 2.43. The lowest BCUT2D eigenvalue weighted by Crippen LogP contribution is -2.56. The van der Waals surface area contributed by atoms with Gasteiger partial charge in [-0.1, -0.05) is 13.0 Å². The molecule has 7 nitrogen and oxygen atoms in total. The van der Waals surface area contributed by atoms with Crippen molar-refractivity contribution >= 4 is 11.8 Å². The molecule has 1 aromatic heterocycles. The summed E-state index contributed by atoms with van der Waals surface area (Å²) in [6, 6.07) is 10.1. The Kier molecular flexibility index (Phi) is 6.23. The zero-order valence-corrected chi connectivity index (χ0v) is 18.0. The van der Waals surface area contributed by atoms with Crippen molar-refractivity contribution < 1.29 is 19.1 Å². The summed E-state index contributed by atoms with van der Waals surface area (Å²) in [4.78, 5) is 32.5. The van der Waals surface area contributed by atoms with Gasteiger partial charge in [0.15, 0.2) is 0 Å². The van der Waals surface area contributed by atoms with E-state index in [0.29, 0.717) is 23.8 Å². The largest absolute Gasteiger partial charge is 0.497 e. The lowest BCUT2D eigenvalue weighted by molar-refractivity contribution is -0.128. The number of carbonyl (C=O) groups excluding carboxylic acids is 2. The molecule has 2 fully saturated rings. The number of carbonyl (C=O) groups is 2. The van der Waals surface area contributed by atoms with E-state index in [1.54, 1.807) is 48.7 Å². The van der Waals surface area contributed by atoms with Crippen LogP contribution in [0.1, 0.15) is 48.5 Å². The van der Waals surface area contributed by atoms with Gasteiger partial charge in [-0.25, -0.2) is 0 Å². The molecule has 1 aliphatic carbocycles. The van der Waals surface area contributed by atoms with Crippen LogP contribution in [0.25, 0.3) is 0 Å². The average molecular weight is 424 g/mol. The van der Waals surface area contributed by atoms with Gasteiger partial charge >= 0.3 is 0 Å². The molecule has 1 N–H and O–H groups in total. The molecule has 1 atom stereocenters. The van der Waals surface area contributed by atoms with Crippen LogP contribution in [0.5, 0.6) is 5.75 Å². The predicted octanol–water partition coefficient (Wildman–Crippen LogP) is 3.15. The molecule has 2 aromatic rings. The average Bonchev–Trinajstić information content (AvgIpc) is 3.18. The molecule has 7 heteroatoms. The summed E-state index contributed by atoms with van der Waals surface area (Å²) < 4.78 is 11.5. The molecule has 1 aromatic carbocycles. The first kappa shape index (κ1) is 21.3. The highest BCUT2D eigenvalue weighted by molar-refractivity contribution is 5.98. The van der Waals surface area contributed by atoms with Gasteiger partial charge in [-0.2, -0.15) is 0 Å². The number of ether oxygens (including phenoxy) is 2. The Bertz CT molecular complexity index is 925. The van der Waals surface area contributed by atoms with Crippen molar-refractivity contribution in [3.8, 4) is 5.75 Å². The van der Waals surface area contributed by atoms with Gasteiger partial charge in [-0.15, -0.1) is 0 Å². The number of pyridine rings is 1. The van der Waals surface area contributed by atoms with Gasteiger partial charge in [-0.05, 0) is 67.5 Å². The fraction of sp³-hybridized carbons (Fsp3) is 0.458. The van der Waals surface area contributed by atoms with Gasteiger partial charge < -0.3 is 14.8 Å². The topological polar surface area (TPSA) is 80.8 Å². The van der Waals surface area contributed by atoms with E-state index in [1.165, 1.54) is 0 Å². The Labute approximate surface area is 182 Å². The van der Waals surface area contributed by atoms with Crippen molar-refractivity contribution in [1.29, 1.82) is 0 Å². The molecule has 1 saturated heterocycles. The van der Waals surface area contributed by atoms with Crippen LogP contribution < -0.4 is 10.1 Å². The van der Waals surface area contributed by atoms with Gasteiger partial charge in [0, 0.05) is 24.5 Å². The second-order valence-corrected chi connectivity index (χ2v) is 8.44. The first-order valence-corrected chi connectivity index (χ1v) is 10.8. The Morgan fingerprint density at radius 2 is 1.97 bits per heavy atom. The summed E-state index contributed by atoms with van der Waals surface area (Å²) in [6.45, 7) is 2.80. The third kappa shape index (κ3) is 4.42. The number of hydrogen-bond acceptors (Lipinski definition) is 5. The molecule has 2 aliphatic rings. The molecule has 1 saturated carbocycles. The maximum atomic E-state index is 13.7. The Morgan fingerprint density at radius 1 is 1.23 bits per heavy atom. The highest BCUT2D eigenvalue weighted by Gasteiger charge is 2.53. The molecule has 0 unspecified atom stereocenters. The van der Waals surface area contributed by atoms with Crippen LogP contribution >= 0.6 is 0 Å². The van der Waals surface area contributed by atoms with Crippen LogP contribution in [0.3, 0.4) is 0 Å². The van der Waals surface area contributed by atoms with E-state index in [1.807, 2.05) is 12.1 Å². The smallest absolute Gasteiger partial charge is 0.257 e. The second kappa shape index (κ2) is 9.06. The molecule has 4 rings (SSSR count). The molecule has 164 valence electrons. The molecular weight excluding hydrogens is 394 g/mol. The lowest BCUT2D eigenvalue weighted by atomic mass is 9.83. The molecule has 0 bridgehead atoms. The summed E-state index contributed by atoms with van der Waals surface area (Å²) in [6.07, 6.45) is 6.78. The number of hydrogen-bond donors (Lipinski definition) is 1. The minimum Gasteiger partial charge on any atom is -0.497 e. The first-order valence-electron chi connectivity index (χ1n) is 10.8. The molecular formula is C24H29N3O4. The van der Waals surface area contributed by atoms with Crippen molar-refractivity contribution in [2.45, 2.75) is 50.9 Å². The molecule has 2 heterocycles. The summed E-state index contributed by atoms with van der Waals surface area (Å²) >= 11 is 0. The minimum absolute atomic E-state index is 0.199. The molecule has 0 radical (unpaired) electrons. The number of amides is 2. The van der Waals surface area contributed by atoms with E-state index >= 15 is 0 Å². The number of aromatic nitrogens is 1. The SMILES string of the molecule is COc1cccc(C(=O)N2[C@H](C(=O)NCc3ccncc3)COC23CCC(C)CC3)c1. The normalized spacial score (nSPS) is 25.4. The molecule has 1 aliphatic heterocycles. The second-order valence-electron chi connectivity index (χ2n) is 8.44.